The molecule has 28 heavy (non-hydrogen) atoms. The molecule has 4 aromatic rings. The third kappa shape index (κ3) is 3.54. The van der Waals surface area contributed by atoms with Crippen molar-refractivity contribution in [2.24, 2.45) is 0 Å². The van der Waals surface area contributed by atoms with Crippen molar-refractivity contribution in [3.8, 4) is 17.1 Å². The van der Waals surface area contributed by atoms with E-state index >= 15 is 0 Å². The van der Waals surface area contributed by atoms with Crippen LogP contribution in [0.3, 0.4) is 0 Å². The Morgan fingerprint density at radius 1 is 1.04 bits per heavy atom. The average molecular weight is 377 g/mol. The Bertz CT molecular complexity index is 1120. The van der Waals surface area contributed by atoms with Crippen LogP contribution in [0.25, 0.3) is 22.3 Å². The van der Waals surface area contributed by atoms with Gasteiger partial charge in [0.25, 0.3) is 0 Å². The van der Waals surface area contributed by atoms with Gasteiger partial charge in [-0.1, -0.05) is 0 Å². The maximum absolute atomic E-state index is 13.2. The van der Waals surface area contributed by atoms with Gasteiger partial charge in [0.2, 0.25) is 0 Å². The molecule has 0 aliphatic rings. The lowest BCUT2D eigenvalue weighted by atomic mass is 10.1. The first kappa shape index (κ1) is 17.7. The van der Waals surface area contributed by atoms with Crippen LogP contribution in [0.1, 0.15) is 11.4 Å². The first-order valence-electron chi connectivity index (χ1n) is 8.48. The molecule has 8 nitrogen and oxygen atoms in total. The van der Waals surface area contributed by atoms with Crippen molar-refractivity contribution < 1.29 is 9.13 Å². The molecule has 140 valence electrons. The molecule has 0 bridgehead atoms. The minimum Gasteiger partial charge on any atom is -0.494 e. The molecule has 0 aliphatic carbocycles. The monoisotopic (exact) mass is 377 g/mol. The van der Waals surface area contributed by atoms with Gasteiger partial charge in [-0.15, -0.1) is 0 Å². The van der Waals surface area contributed by atoms with Crippen molar-refractivity contribution in [2.75, 3.05) is 12.4 Å². The first-order valence-corrected chi connectivity index (χ1v) is 8.48. The molecular weight excluding hydrogens is 361 g/mol. The predicted octanol–water partition coefficient (Wildman–Crippen LogP) is 2.95. The fourth-order valence-electron chi connectivity index (χ4n) is 2.72. The fourth-order valence-corrected chi connectivity index (χ4v) is 2.72. The number of hydrogen-bond donors (Lipinski definition) is 1. The number of ether oxygens (including phenoxy) is 1. The van der Waals surface area contributed by atoms with Crippen LogP contribution >= 0.6 is 0 Å². The Hall–Kier alpha value is -3.75. The lowest BCUT2D eigenvalue weighted by Gasteiger charge is -2.12. The molecule has 3 heterocycles. The summed E-state index contributed by atoms with van der Waals surface area (Å²) in [5, 5.41) is 12.2. The van der Waals surface area contributed by atoms with Gasteiger partial charge in [0.15, 0.2) is 11.6 Å². The minimum absolute atomic E-state index is 0.376. The second kappa shape index (κ2) is 7.47. The number of halogens is 1. The summed E-state index contributed by atoms with van der Waals surface area (Å²) in [6.07, 6.45) is 3.70. The predicted molar refractivity (Wildman–Crippen MR) is 101 cm³/mol. The van der Waals surface area contributed by atoms with Crippen molar-refractivity contribution >= 4 is 16.7 Å². The summed E-state index contributed by atoms with van der Waals surface area (Å²) in [5.41, 5.74) is 2.94. The van der Waals surface area contributed by atoms with Crippen LogP contribution in [-0.2, 0) is 6.54 Å². The minimum atomic E-state index is -0.499. The third-order valence-corrected chi connectivity index (χ3v) is 4.09. The van der Waals surface area contributed by atoms with Gasteiger partial charge in [-0.05, 0) is 31.2 Å². The van der Waals surface area contributed by atoms with E-state index in [0.717, 1.165) is 29.2 Å². The Morgan fingerprint density at radius 3 is 2.57 bits per heavy atom. The third-order valence-electron chi connectivity index (χ3n) is 4.09. The van der Waals surface area contributed by atoms with Crippen molar-refractivity contribution in [2.45, 2.75) is 13.5 Å². The summed E-state index contributed by atoms with van der Waals surface area (Å²) in [6, 6.07) is 7.40. The lowest BCUT2D eigenvalue weighted by molar-refractivity contribution is 0.419. The Morgan fingerprint density at radius 2 is 1.86 bits per heavy atom. The molecule has 0 aliphatic heterocycles. The highest BCUT2D eigenvalue weighted by atomic mass is 19.1. The second-order valence-corrected chi connectivity index (χ2v) is 6.04. The largest absolute Gasteiger partial charge is 0.494 e. The molecule has 0 saturated carbocycles. The van der Waals surface area contributed by atoms with Crippen LogP contribution in [0.15, 0.2) is 43.0 Å². The number of nitrogens with one attached hydrogen (secondary N) is 1. The number of hydrogen-bond acceptors (Lipinski definition) is 8. The smallest absolute Gasteiger partial charge is 0.159 e. The zero-order valence-electron chi connectivity index (χ0n) is 15.2. The molecule has 1 aromatic carbocycles. The number of aryl methyl sites for hydroxylation is 1. The van der Waals surface area contributed by atoms with E-state index in [9.17, 15) is 4.39 Å². The van der Waals surface area contributed by atoms with Crippen molar-refractivity contribution in [3.63, 3.8) is 0 Å². The summed E-state index contributed by atoms with van der Waals surface area (Å²) in [6.45, 7) is 2.33. The van der Waals surface area contributed by atoms with Gasteiger partial charge in [0, 0.05) is 10.9 Å². The van der Waals surface area contributed by atoms with Crippen molar-refractivity contribution in [1.82, 2.24) is 30.1 Å². The Kier molecular flexibility index (Phi) is 4.71. The molecule has 0 saturated heterocycles. The van der Waals surface area contributed by atoms with Gasteiger partial charge in [-0.3, -0.25) is 0 Å². The summed E-state index contributed by atoms with van der Waals surface area (Å²) in [7, 11) is 1.56. The number of methoxy groups -OCH3 is 1. The molecular formula is C19H16FN7O. The van der Waals surface area contributed by atoms with Crippen LogP contribution in [0, 0.1) is 12.7 Å². The molecule has 0 unspecified atom stereocenters. The van der Waals surface area contributed by atoms with Crippen LogP contribution in [-0.4, -0.2) is 37.2 Å². The quantitative estimate of drug-likeness (QED) is 0.567. The van der Waals surface area contributed by atoms with Gasteiger partial charge in [-0.25, -0.2) is 24.3 Å². The maximum Gasteiger partial charge on any atom is 0.159 e. The van der Waals surface area contributed by atoms with Gasteiger partial charge in [0.05, 0.1) is 37.4 Å². The molecule has 1 N–H and O–H groups in total. The van der Waals surface area contributed by atoms with Crippen LogP contribution in [0.2, 0.25) is 0 Å². The Balaban J connectivity index is 1.75. The van der Waals surface area contributed by atoms with Crippen LogP contribution < -0.4 is 10.1 Å². The van der Waals surface area contributed by atoms with Crippen LogP contribution in [0.4, 0.5) is 10.2 Å². The summed E-state index contributed by atoms with van der Waals surface area (Å²) in [4.78, 5) is 16.7. The molecule has 0 fully saturated rings. The fraction of sp³-hybridized carbons (Fsp3) is 0.158. The van der Waals surface area contributed by atoms with E-state index < -0.39 is 5.82 Å². The topological polar surface area (TPSA) is 98.6 Å². The zero-order valence-corrected chi connectivity index (χ0v) is 15.2. The molecule has 0 spiro atoms. The second-order valence-electron chi connectivity index (χ2n) is 6.04. The van der Waals surface area contributed by atoms with E-state index in [1.807, 2.05) is 25.1 Å². The van der Waals surface area contributed by atoms with E-state index in [1.54, 1.807) is 13.2 Å². The maximum atomic E-state index is 13.2. The Labute approximate surface area is 159 Å². The number of aromatic nitrogens is 6. The number of benzene rings is 1. The molecule has 3 aromatic heterocycles. The van der Waals surface area contributed by atoms with Crippen molar-refractivity contribution in [3.05, 3.63) is 60.2 Å². The summed E-state index contributed by atoms with van der Waals surface area (Å²) < 4.78 is 18.6. The van der Waals surface area contributed by atoms with E-state index in [4.69, 9.17) is 4.74 Å². The number of anilines is 1. The number of rotatable bonds is 5. The molecule has 0 amide bonds. The average Bonchev–Trinajstić information content (AvgIpc) is 2.73. The van der Waals surface area contributed by atoms with E-state index in [-0.39, 0.29) is 0 Å². The lowest BCUT2D eigenvalue weighted by Crippen LogP contribution is -2.06. The molecule has 4 rings (SSSR count). The first-order chi connectivity index (χ1) is 13.6. The molecule has 0 radical (unpaired) electrons. The van der Waals surface area contributed by atoms with Gasteiger partial charge >= 0.3 is 0 Å². The number of fused-ring (bicyclic) bond motifs is 1. The SMILES string of the molecule is COc1cc(-c2ncc(F)cn2)cc2c(NCc3ccc(C)nn3)ncnc12. The normalized spacial score (nSPS) is 10.8. The molecule has 0 atom stereocenters. The van der Waals surface area contributed by atoms with E-state index in [0.29, 0.717) is 35.0 Å². The highest BCUT2D eigenvalue weighted by Crippen LogP contribution is 2.32. The van der Waals surface area contributed by atoms with Gasteiger partial charge in [0.1, 0.15) is 23.4 Å². The summed E-state index contributed by atoms with van der Waals surface area (Å²) >= 11 is 0. The zero-order chi connectivity index (χ0) is 19.5. The summed E-state index contributed by atoms with van der Waals surface area (Å²) in [5.74, 6) is 1.03. The number of nitrogens with zero attached hydrogens (tertiary/aromatic N) is 6. The highest BCUT2D eigenvalue weighted by Gasteiger charge is 2.13. The highest BCUT2D eigenvalue weighted by molar-refractivity contribution is 5.96. The van der Waals surface area contributed by atoms with Crippen molar-refractivity contribution in [1.29, 1.82) is 0 Å². The van der Waals surface area contributed by atoms with E-state index in [1.165, 1.54) is 6.33 Å². The standard InChI is InChI=1S/C19H16FN7O/c1-11-3-4-14(27-26-11)9-23-19-15-5-12(18-21-7-13(20)8-22-18)6-16(28-2)17(15)24-10-25-19/h3-8,10H,9H2,1-2H3,(H,23,24,25). The van der Waals surface area contributed by atoms with Crippen LogP contribution in [0.5, 0.6) is 5.75 Å². The van der Waals surface area contributed by atoms with Gasteiger partial charge in [-0.2, -0.15) is 10.2 Å². The van der Waals surface area contributed by atoms with Gasteiger partial charge < -0.3 is 10.1 Å². The van der Waals surface area contributed by atoms with E-state index in [2.05, 4.69) is 35.5 Å². The molecule has 9 heteroatoms.